The first-order chi connectivity index (χ1) is 7.83. The van der Waals surface area contributed by atoms with E-state index in [1.165, 1.54) is 12.1 Å². The van der Waals surface area contributed by atoms with Crippen LogP contribution in [0.1, 0.15) is 27.7 Å². The molecule has 18 heavy (non-hydrogen) atoms. The molecule has 0 atom stereocenters. The Bertz CT molecular complexity index is 330. The van der Waals surface area contributed by atoms with Crippen LogP contribution in [0.2, 0.25) is 51.4 Å². The van der Waals surface area contributed by atoms with Crippen LogP contribution in [0, 0.1) is 0 Å². The third-order valence-electron chi connectivity index (χ3n) is 7.13. The van der Waals surface area contributed by atoms with Gasteiger partial charge in [0.05, 0.1) is 14.7 Å². The van der Waals surface area contributed by atoms with Crippen molar-refractivity contribution in [3.63, 3.8) is 0 Å². The molecule has 1 fully saturated rings. The van der Waals surface area contributed by atoms with Crippen LogP contribution >= 0.6 is 0 Å². The van der Waals surface area contributed by atoms with Crippen LogP contribution in [0.15, 0.2) is 0 Å². The summed E-state index contributed by atoms with van der Waals surface area (Å²) in [6.45, 7) is 25.6. The van der Waals surface area contributed by atoms with Crippen molar-refractivity contribution in [2.75, 3.05) is 0 Å². The van der Waals surface area contributed by atoms with Crippen molar-refractivity contribution in [1.82, 2.24) is 0 Å². The Balaban J connectivity index is 3.54. The Kier molecular flexibility index (Phi) is 4.14. The molecule has 0 aromatic carbocycles. The molecule has 0 amide bonds. The van der Waals surface area contributed by atoms with E-state index in [0.29, 0.717) is 0 Å². The highest BCUT2D eigenvalue weighted by atomic mass is 29.8. The molecule has 1 saturated heterocycles. The molecule has 0 saturated carbocycles. The summed E-state index contributed by atoms with van der Waals surface area (Å²) in [6, 6.07) is 2.93. The van der Waals surface area contributed by atoms with Crippen molar-refractivity contribution in [3.8, 4) is 0 Å². The van der Waals surface area contributed by atoms with Crippen LogP contribution in [0.4, 0.5) is 0 Å². The lowest BCUT2D eigenvalue weighted by Crippen LogP contribution is -2.91. The molecular weight excluding hydrogens is 284 g/mol. The van der Waals surface area contributed by atoms with E-state index in [2.05, 4.69) is 67.0 Å². The van der Waals surface area contributed by atoms with Gasteiger partial charge in [-0.2, -0.15) is 0 Å². The Morgan fingerprint density at radius 2 is 1.22 bits per heavy atom. The first kappa shape index (κ1) is 16.9. The summed E-state index contributed by atoms with van der Waals surface area (Å²) in [7, 11) is -5.14. The number of rotatable bonds is 2. The molecule has 0 aromatic rings. The van der Waals surface area contributed by atoms with Gasteiger partial charge in [-0.25, -0.2) is 0 Å². The van der Waals surface area contributed by atoms with E-state index < -0.39 is 29.6 Å². The highest BCUT2D eigenvalue weighted by molar-refractivity contribution is 7.84. The summed E-state index contributed by atoms with van der Waals surface area (Å²) in [5, 5.41) is 0.194. The first-order valence-corrected chi connectivity index (χ1v) is 21.9. The molecule has 0 N–H and O–H groups in total. The van der Waals surface area contributed by atoms with Crippen LogP contribution in [0.5, 0.6) is 0 Å². The minimum Gasteiger partial charge on any atom is -0.418 e. The third kappa shape index (κ3) is 1.77. The average Bonchev–Trinajstić information content (AvgIpc) is 2.15. The fourth-order valence-electron chi connectivity index (χ4n) is 4.95. The lowest BCUT2D eigenvalue weighted by atomic mass is 10.5. The van der Waals surface area contributed by atoms with Gasteiger partial charge in [-0.05, 0) is 26.9 Å². The largest absolute Gasteiger partial charge is 0.418 e. The van der Waals surface area contributed by atoms with Gasteiger partial charge < -0.3 is 4.43 Å². The van der Waals surface area contributed by atoms with Gasteiger partial charge in [0, 0.05) is 12.3 Å². The highest BCUT2D eigenvalue weighted by Gasteiger charge is 2.71. The molecule has 0 radical (unpaired) electrons. The molecule has 1 rings (SSSR count). The van der Waals surface area contributed by atoms with E-state index in [9.17, 15) is 0 Å². The summed E-state index contributed by atoms with van der Waals surface area (Å²) < 4.78 is 6.91. The predicted octanol–water partition coefficient (Wildman–Crippen LogP) is 4.68. The quantitative estimate of drug-likeness (QED) is 0.672. The lowest BCUT2D eigenvalue weighted by Gasteiger charge is -2.67. The van der Waals surface area contributed by atoms with Gasteiger partial charge in [0.15, 0.2) is 7.83 Å². The average molecular weight is 319 g/mol. The summed E-state index contributed by atoms with van der Waals surface area (Å²) in [5.41, 5.74) is 0. The maximum Gasteiger partial charge on any atom is 0.171 e. The molecule has 1 heterocycles. The Morgan fingerprint density at radius 3 is 1.56 bits per heavy atom. The van der Waals surface area contributed by atoms with E-state index in [4.69, 9.17) is 4.43 Å². The summed E-state index contributed by atoms with van der Waals surface area (Å²) >= 11 is 0. The monoisotopic (exact) mass is 318 g/mol. The first-order valence-electron chi connectivity index (χ1n) is 7.53. The standard InChI is InChI=1S/C13H34OSi4/c1-11-18(12-2)16(7,8)14-13(3,4)15(5,6)17(18,9)10/h11-12H2,1-10H3. The van der Waals surface area contributed by atoms with E-state index in [0.717, 1.165) is 0 Å². The fourth-order valence-corrected chi connectivity index (χ4v) is 88.8. The molecule has 0 unspecified atom stereocenters. The van der Waals surface area contributed by atoms with Gasteiger partial charge in [0.25, 0.3) is 0 Å². The maximum absolute atomic E-state index is 6.91. The van der Waals surface area contributed by atoms with Crippen LogP contribution in [-0.2, 0) is 4.43 Å². The SMILES string of the molecule is CC[Si]1(CC)[Si](C)(C)OC(C)(C)[Si](C)(C)[Si]1(C)C. The van der Waals surface area contributed by atoms with E-state index in [-0.39, 0.29) is 5.22 Å². The van der Waals surface area contributed by atoms with Gasteiger partial charge in [-0.1, -0.05) is 52.1 Å². The zero-order valence-corrected chi connectivity index (χ0v) is 18.3. The molecule has 1 aliphatic rings. The van der Waals surface area contributed by atoms with Gasteiger partial charge >= 0.3 is 0 Å². The van der Waals surface area contributed by atoms with Crippen LogP contribution < -0.4 is 0 Å². The second kappa shape index (κ2) is 4.41. The van der Waals surface area contributed by atoms with Crippen molar-refractivity contribution in [2.24, 2.45) is 0 Å². The molecule has 5 heteroatoms. The summed E-state index contributed by atoms with van der Waals surface area (Å²) in [4.78, 5) is 0. The predicted molar refractivity (Wildman–Crippen MR) is 94.3 cm³/mol. The van der Waals surface area contributed by atoms with E-state index >= 15 is 0 Å². The fraction of sp³-hybridized carbons (Fsp3) is 1.00. The van der Waals surface area contributed by atoms with E-state index in [1.54, 1.807) is 0 Å². The molecule has 0 spiro atoms. The van der Waals surface area contributed by atoms with Crippen molar-refractivity contribution in [3.05, 3.63) is 0 Å². The smallest absolute Gasteiger partial charge is 0.171 e. The van der Waals surface area contributed by atoms with Crippen molar-refractivity contribution in [2.45, 2.75) is 84.3 Å². The molecule has 0 aromatic heterocycles. The number of hydrogen-bond donors (Lipinski definition) is 0. The van der Waals surface area contributed by atoms with Crippen LogP contribution in [0.3, 0.4) is 0 Å². The second-order valence-corrected chi connectivity index (χ2v) is 46.3. The Labute approximate surface area is 118 Å². The zero-order valence-electron chi connectivity index (χ0n) is 14.3. The lowest BCUT2D eigenvalue weighted by molar-refractivity contribution is 0.182. The second-order valence-electron chi connectivity index (χ2n) is 8.16. The van der Waals surface area contributed by atoms with E-state index in [1.807, 2.05) is 0 Å². The summed E-state index contributed by atoms with van der Waals surface area (Å²) in [5.74, 6) is 0. The minimum absolute atomic E-state index is 0.194. The Morgan fingerprint density at radius 1 is 0.833 bits per heavy atom. The topological polar surface area (TPSA) is 9.23 Å². The Hall–Kier alpha value is 0.828. The highest BCUT2D eigenvalue weighted by Crippen LogP contribution is 2.50. The van der Waals surface area contributed by atoms with Crippen molar-refractivity contribution in [1.29, 1.82) is 0 Å². The zero-order chi connectivity index (χ0) is 14.6. The molecule has 1 nitrogen and oxygen atoms in total. The van der Waals surface area contributed by atoms with Gasteiger partial charge in [-0.3, -0.25) is 0 Å². The molecule has 1 aliphatic heterocycles. The molecule has 0 bridgehead atoms. The summed E-state index contributed by atoms with van der Waals surface area (Å²) in [6.07, 6.45) is 0. The molecule has 108 valence electrons. The normalized spacial score (nSPS) is 31.0. The van der Waals surface area contributed by atoms with Gasteiger partial charge in [0.1, 0.15) is 0 Å². The molecular formula is C13H34OSi4. The third-order valence-corrected chi connectivity index (χ3v) is 74.8. The maximum atomic E-state index is 6.91. The van der Waals surface area contributed by atoms with Crippen LogP contribution in [-0.4, -0.2) is 34.9 Å². The van der Waals surface area contributed by atoms with Gasteiger partial charge in [0.2, 0.25) is 0 Å². The minimum atomic E-state index is -1.49. The molecule has 0 aliphatic carbocycles. The van der Waals surface area contributed by atoms with Crippen molar-refractivity contribution < 1.29 is 4.43 Å². The van der Waals surface area contributed by atoms with Crippen LogP contribution in [0.25, 0.3) is 0 Å². The van der Waals surface area contributed by atoms with Gasteiger partial charge in [-0.15, -0.1) is 0 Å². The van der Waals surface area contributed by atoms with Crippen molar-refractivity contribution >= 4 is 29.6 Å². The number of hydrogen-bond acceptors (Lipinski definition) is 1.